The molecule has 26 heteroatoms. The topological polar surface area (TPSA) is 412 Å². The summed E-state index contributed by atoms with van der Waals surface area (Å²) < 4.78 is 36.6. The van der Waals surface area contributed by atoms with Crippen LogP contribution >= 0.6 is 15.6 Å². The van der Waals surface area contributed by atoms with Crippen molar-refractivity contribution in [1.82, 2.24) is 24.4 Å². The Hall–Kier alpha value is -2.89. The number of nitrogen functional groups attached to an aromatic ring is 1. The van der Waals surface area contributed by atoms with Crippen molar-refractivity contribution in [3.05, 3.63) is 16.7 Å². The van der Waals surface area contributed by atoms with Crippen LogP contribution in [0.1, 0.15) is 13.2 Å². The number of carbonyl (C=O) groups is 1. The fraction of sp³-hybridized carbons (Fsp3) is 0.625. The highest BCUT2D eigenvalue weighted by Gasteiger charge is 2.46. The third kappa shape index (κ3) is 10.4. The number of carbonyl (C=O) groups excluding carboxylic acids is 1. The van der Waals surface area contributed by atoms with E-state index >= 15 is 0 Å². The van der Waals surface area contributed by atoms with Crippen LogP contribution in [0.5, 0.6) is 0 Å². The predicted octanol–water partition coefficient (Wildman–Crippen LogP) is -4.69. The Balaban J connectivity index is 0.000000529. The van der Waals surface area contributed by atoms with Gasteiger partial charge in [-0.25, -0.2) is 14.1 Å². The Morgan fingerprint density at radius 2 is 1.76 bits per heavy atom. The molecule has 0 aromatic carbocycles. The Labute approximate surface area is 232 Å². The summed E-state index contributed by atoms with van der Waals surface area (Å²) >= 11 is 0. The second-order valence-electron chi connectivity index (χ2n) is 8.12. The first kappa shape index (κ1) is 37.1. The summed E-state index contributed by atoms with van der Waals surface area (Å²) in [6.45, 7) is 0.372. The van der Waals surface area contributed by atoms with E-state index in [1.165, 1.54) is 6.92 Å². The van der Waals surface area contributed by atoms with Crippen molar-refractivity contribution in [2.75, 3.05) is 12.3 Å². The number of phosphoric acid groups is 2. The van der Waals surface area contributed by atoms with Gasteiger partial charge in [-0.15, -0.1) is 0 Å². The number of ether oxygens (including phenoxy) is 1. The number of H-pyrrole nitrogens is 1. The van der Waals surface area contributed by atoms with Crippen LogP contribution in [0.4, 0.5) is 5.95 Å². The molecule has 0 radical (unpaired) electrons. The maximum Gasteiger partial charge on any atom is 0.481 e. The summed E-state index contributed by atoms with van der Waals surface area (Å²) in [5, 5.41) is 55.4. The highest BCUT2D eigenvalue weighted by atomic mass is 31.3. The van der Waals surface area contributed by atoms with Crippen LogP contribution in [-0.2, 0) is 27.5 Å². The smallest absolute Gasteiger partial charge is 0.391 e. The predicted molar refractivity (Wildman–Crippen MR) is 131 cm³/mol. The molecule has 0 saturated carbocycles. The number of imidazole rings is 1. The zero-order valence-electron chi connectivity index (χ0n) is 21.1. The van der Waals surface area contributed by atoms with E-state index in [4.69, 9.17) is 51.7 Å². The fourth-order valence-electron chi connectivity index (χ4n) is 3.12. The number of nitrogens with two attached hydrogens (primary N) is 1. The van der Waals surface area contributed by atoms with E-state index in [2.05, 4.69) is 23.8 Å². The largest absolute Gasteiger partial charge is 0.481 e. The van der Waals surface area contributed by atoms with E-state index in [9.17, 15) is 33.8 Å². The second-order valence-corrected chi connectivity index (χ2v) is 10.9. The maximum atomic E-state index is 11.8. The molecule has 238 valence electrons. The van der Waals surface area contributed by atoms with Gasteiger partial charge in [0.1, 0.15) is 47.7 Å². The number of rotatable bonds is 10. The van der Waals surface area contributed by atoms with Crippen molar-refractivity contribution < 1.29 is 72.8 Å². The zero-order valence-corrected chi connectivity index (χ0v) is 22.9. The Kier molecular flexibility index (Phi) is 13.7. The summed E-state index contributed by atoms with van der Waals surface area (Å²) in [6.07, 6.45) is -10.8. The molecule has 1 aliphatic heterocycles. The summed E-state index contributed by atoms with van der Waals surface area (Å²) in [5.41, 5.74) is 15.6. The first-order valence-electron chi connectivity index (χ1n) is 11.0. The molecule has 0 bridgehead atoms. The normalized spacial score (nSPS) is 24.5. The Morgan fingerprint density at radius 1 is 1.19 bits per heavy atom. The van der Waals surface area contributed by atoms with E-state index in [-0.39, 0.29) is 23.4 Å². The lowest BCUT2D eigenvalue weighted by atomic mass is 10.1. The van der Waals surface area contributed by atoms with Crippen LogP contribution in [0.2, 0.25) is 0 Å². The molecule has 1 saturated heterocycles. The van der Waals surface area contributed by atoms with Crippen LogP contribution in [0.3, 0.4) is 0 Å². The van der Waals surface area contributed by atoms with E-state index in [1.54, 1.807) is 0 Å². The number of anilines is 1. The van der Waals surface area contributed by atoms with Crippen molar-refractivity contribution in [2.45, 2.75) is 55.9 Å². The molecule has 1 aliphatic rings. The molecule has 2 aromatic heterocycles. The van der Waals surface area contributed by atoms with E-state index in [1.807, 2.05) is 4.91 Å². The lowest BCUT2D eigenvalue weighted by Crippen LogP contribution is -2.43. The highest BCUT2D eigenvalue weighted by Crippen LogP contribution is 2.57. The molecule has 9 atom stereocenters. The number of aromatic nitrogens is 4. The first-order chi connectivity index (χ1) is 19.3. The molecule has 24 nitrogen and oxygen atoms in total. The minimum absolute atomic E-state index is 0.0586. The van der Waals surface area contributed by atoms with Crippen molar-refractivity contribution in [2.24, 2.45) is 0 Å². The van der Waals surface area contributed by atoms with E-state index < -0.39 is 76.8 Å². The molecule has 42 heavy (non-hydrogen) atoms. The monoisotopic (exact) mass is 651 g/mol. The summed E-state index contributed by atoms with van der Waals surface area (Å²) in [6, 6.07) is 0. The fourth-order valence-corrected chi connectivity index (χ4v) is 4.72. The van der Waals surface area contributed by atoms with E-state index in [0.717, 1.165) is 10.9 Å². The van der Waals surface area contributed by atoms with Gasteiger partial charge in [-0.3, -0.25) is 18.9 Å². The molecule has 0 amide bonds. The van der Waals surface area contributed by atoms with Gasteiger partial charge in [-0.05, 0) is 6.92 Å². The number of fused-ring (bicyclic) bond motifs is 1. The minimum atomic E-state index is -5.32. The summed E-state index contributed by atoms with van der Waals surface area (Å²) in [7, 11) is -10.5. The van der Waals surface area contributed by atoms with Gasteiger partial charge in [0.15, 0.2) is 23.7 Å². The molecular weight excluding hydrogens is 622 g/mol. The maximum absolute atomic E-state index is 11.8. The number of aromatic amines is 1. The molecular formula is C16H29N8O16P2+. The number of aliphatic hydroxyl groups is 6. The Bertz CT molecular complexity index is 1380. The minimum Gasteiger partial charge on any atom is -0.391 e. The van der Waals surface area contributed by atoms with Crippen LogP contribution in [-0.4, -0.2) is 120 Å². The van der Waals surface area contributed by atoms with Gasteiger partial charge in [0, 0.05) is 0 Å². The lowest BCUT2D eigenvalue weighted by molar-refractivity contribution is -0.132. The number of aliphatic hydroxyl groups excluding tert-OH is 6. The zero-order chi connectivity index (χ0) is 32.6. The molecule has 2 aromatic rings. The van der Waals surface area contributed by atoms with E-state index in [0.29, 0.717) is 0 Å². The van der Waals surface area contributed by atoms with Crippen molar-refractivity contribution in [1.29, 1.82) is 11.1 Å². The quantitative estimate of drug-likeness (QED) is 0.0496. The van der Waals surface area contributed by atoms with Gasteiger partial charge in [-0.2, -0.15) is 9.29 Å². The average Bonchev–Trinajstić information content (AvgIpc) is 3.41. The third-order valence-electron chi connectivity index (χ3n) is 5.01. The number of phosphoric ester groups is 1. The molecule has 0 aliphatic carbocycles. The Morgan fingerprint density at radius 3 is 2.26 bits per heavy atom. The van der Waals surface area contributed by atoms with Gasteiger partial charge in [-0.1, -0.05) is 0 Å². The van der Waals surface area contributed by atoms with Gasteiger partial charge >= 0.3 is 15.6 Å². The molecule has 1 fully saturated rings. The standard InChI is InChI=1S/C10H15N5O11P2.C6H12O5.H2N3/c11-10-13-7-4(8(18)14-10)12-2-15(7)9-6(17)5(16)3(25-9)1-24-28(22,23)26-27(19,20)21;1-3(8)5(10)6(11)4(9)2-7;1-3-2/h2-3,5-6,9,16-17H,1H2,(H,22,23)(H2,19,20,21)(H3,11,13,14,18);2-6,8-11H,1H3;1-2H/q;;+1/t3-,5-,6-,9-;;/m1../s1. The third-order valence-corrected chi connectivity index (χ3v) is 7.16. The van der Waals surface area contributed by atoms with Crippen molar-refractivity contribution in [3.8, 4) is 0 Å². The number of nitrogens with zero attached hydrogens (tertiary/aromatic N) is 4. The second kappa shape index (κ2) is 15.5. The van der Waals surface area contributed by atoms with Crippen LogP contribution in [0, 0.1) is 11.1 Å². The summed E-state index contributed by atoms with van der Waals surface area (Å²) in [4.78, 5) is 60.0. The number of hydrogen-bond acceptors (Lipinski definition) is 18. The molecule has 0 spiro atoms. The van der Waals surface area contributed by atoms with Gasteiger partial charge in [0.2, 0.25) is 10.9 Å². The van der Waals surface area contributed by atoms with Gasteiger partial charge < -0.3 is 60.6 Å². The SMILES string of the molecule is CC(O)C(O)C(O)C(O)C=O.N=[N+]=N.Nc1nc2c(ncn2[C@@H]2O[C@H](COP(=O)(O)OP(=O)(O)O)[C@@H](O)[C@H]2O)c(=O)[nH]1. The molecule has 5 unspecified atom stereocenters. The lowest BCUT2D eigenvalue weighted by Gasteiger charge is -2.21. The van der Waals surface area contributed by atoms with Crippen molar-refractivity contribution >= 4 is 39.0 Å². The molecule has 3 heterocycles. The van der Waals surface area contributed by atoms with Crippen LogP contribution in [0.25, 0.3) is 11.2 Å². The van der Waals surface area contributed by atoms with Gasteiger partial charge in [0.05, 0.1) is 19.0 Å². The van der Waals surface area contributed by atoms with Crippen LogP contribution < -0.4 is 16.2 Å². The number of nitrogens with one attached hydrogen (secondary N) is 3. The number of hydrogen-bond donors (Lipinski definition) is 13. The summed E-state index contributed by atoms with van der Waals surface area (Å²) in [5.74, 6) is -0.233. The molecule has 3 rings (SSSR count). The highest BCUT2D eigenvalue weighted by molar-refractivity contribution is 7.60. The van der Waals surface area contributed by atoms with Crippen molar-refractivity contribution in [3.63, 3.8) is 0 Å². The molecule has 14 N–H and O–H groups in total. The first-order valence-corrected chi connectivity index (χ1v) is 14.0. The number of aldehydes is 1. The van der Waals surface area contributed by atoms with Gasteiger partial charge in [0.25, 0.3) is 5.56 Å². The average molecular weight is 651 g/mol. The van der Waals surface area contributed by atoms with Crippen LogP contribution in [0.15, 0.2) is 11.1 Å².